The molecular formula is C46H51N4O10S2-. The maximum absolute atomic E-state index is 13.0. The number of carboxylic acid groups (broad SMARTS) is 1. The fourth-order valence-corrected chi connectivity index (χ4v) is 9.24. The van der Waals surface area contributed by atoms with E-state index in [0.717, 1.165) is 58.8 Å². The van der Waals surface area contributed by atoms with E-state index in [4.69, 9.17) is 0 Å². The number of hydrogen-bond donors (Lipinski definition) is 3. The van der Waals surface area contributed by atoms with E-state index >= 15 is 0 Å². The maximum Gasteiger partial charge on any atom is 0.335 e. The largest absolute Gasteiger partial charge is 0.744 e. The minimum Gasteiger partial charge on any atom is -0.744 e. The number of fused-ring (bicyclic) bond motifs is 7. The maximum atomic E-state index is 13.0. The molecule has 3 aromatic carbocycles. The Balaban J connectivity index is 1.31. The van der Waals surface area contributed by atoms with E-state index < -0.39 is 26.9 Å². The average molecular weight is 884 g/mol. The molecule has 2 bridgehead atoms. The fraction of sp³-hybridized carbons (Fsp3) is 0.348. The number of carbonyl (C=O) groups excluding carboxylic acids is 2. The van der Waals surface area contributed by atoms with Gasteiger partial charge < -0.3 is 30.4 Å². The van der Waals surface area contributed by atoms with Crippen LogP contribution in [0, 0.1) is 0 Å². The highest BCUT2D eigenvalue weighted by Crippen LogP contribution is 2.49. The lowest BCUT2D eigenvalue weighted by Gasteiger charge is -2.27. The second kappa shape index (κ2) is 19.8. The van der Waals surface area contributed by atoms with Crippen LogP contribution in [-0.4, -0.2) is 59.2 Å². The van der Waals surface area contributed by atoms with Crippen LogP contribution in [0.2, 0.25) is 0 Å². The predicted octanol–water partition coefficient (Wildman–Crippen LogP) is 7.96. The Bertz CT molecular complexity index is 2490. The first-order valence-electron chi connectivity index (χ1n) is 20.5. The van der Waals surface area contributed by atoms with Crippen molar-refractivity contribution in [2.45, 2.75) is 99.7 Å². The highest BCUT2D eigenvalue weighted by molar-refractivity contribution is 7.94. The van der Waals surface area contributed by atoms with Crippen LogP contribution in [0.15, 0.2) is 113 Å². The molecule has 3 N–H and O–H groups in total. The quantitative estimate of drug-likeness (QED) is 0.0735. The van der Waals surface area contributed by atoms with E-state index in [0.29, 0.717) is 43.7 Å². The van der Waals surface area contributed by atoms with E-state index in [1.807, 2.05) is 68.5 Å². The molecule has 6 rings (SSSR count). The van der Waals surface area contributed by atoms with Gasteiger partial charge in [-0.1, -0.05) is 50.6 Å². The van der Waals surface area contributed by atoms with Crippen LogP contribution in [0.1, 0.15) is 101 Å². The van der Waals surface area contributed by atoms with Crippen molar-refractivity contribution in [3.8, 4) is 0 Å². The number of rotatable bonds is 5. The lowest BCUT2D eigenvalue weighted by molar-refractivity contribution is -0.777. The first-order valence-corrected chi connectivity index (χ1v) is 22.7. The number of allylic oxidation sites excluding steroid dienone is 8. The molecule has 14 nitrogen and oxygen atoms in total. The third-order valence-corrected chi connectivity index (χ3v) is 12.8. The van der Waals surface area contributed by atoms with Gasteiger partial charge >= 0.3 is 5.97 Å². The van der Waals surface area contributed by atoms with Gasteiger partial charge in [-0.2, -0.15) is 8.91 Å². The van der Waals surface area contributed by atoms with Crippen LogP contribution >= 0.6 is 12.0 Å². The van der Waals surface area contributed by atoms with Gasteiger partial charge in [0, 0.05) is 76.6 Å². The van der Waals surface area contributed by atoms with Crippen molar-refractivity contribution in [1.82, 2.24) is 0 Å². The Morgan fingerprint density at radius 3 is 2.13 bits per heavy atom. The van der Waals surface area contributed by atoms with Crippen LogP contribution in [0.5, 0.6) is 0 Å². The van der Waals surface area contributed by atoms with E-state index in [1.165, 1.54) is 24.3 Å². The lowest BCUT2D eigenvalue weighted by atomic mass is 9.81. The number of nitrogens with zero attached hydrogens (tertiary/aromatic N) is 2. The molecule has 0 atom stereocenters. The Labute approximate surface area is 366 Å². The summed E-state index contributed by atoms with van der Waals surface area (Å²) in [5.41, 5.74) is 4.96. The minimum atomic E-state index is -4.68. The van der Waals surface area contributed by atoms with Crippen LogP contribution < -0.4 is 20.8 Å². The molecule has 328 valence electrons. The fourth-order valence-electron chi connectivity index (χ4n) is 8.34. The molecule has 2 amide bonds. The van der Waals surface area contributed by atoms with Crippen molar-refractivity contribution in [1.29, 1.82) is 0 Å². The third-order valence-electron chi connectivity index (χ3n) is 11.4. The molecule has 0 radical (unpaired) electrons. The average Bonchev–Trinajstić information content (AvgIpc) is 3.55. The molecule has 0 saturated heterocycles. The second-order valence-electron chi connectivity index (χ2n) is 16.5. The van der Waals surface area contributed by atoms with Gasteiger partial charge in [0.1, 0.15) is 16.7 Å². The zero-order chi connectivity index (χ0) is 44.7. The SMILES string of the molecule is CC1(C)C2=C/C=C/C=C/C=C/C3=[N+](CCCCCC(=O)Nc4cc(cc(C(=O)O)c4)NC(=O)CCCCCN2c2ccc(S(=O)(=O)[O-])cc21)c1ccc(SOO[O-])cc1C3(C)C. The zero-order valence-corrected chi connectivity index (χ0v) is 36.8. The summed E-state index contributed by atoms with van der Waals surface area (Å²) in [6.45, 7) is 9.48. The molecule has 0 spiro atoms. The normalized spacial score (nSPS) is 20.2. The van der Waals surface area contributed by atoms with Crippen LogP contribution in [0.25, 0.3) is 0 Å². The van der Waals surface area contributed by atoms with Gasteiger partial charge in [0.05, 0.1) is 27.9 Å². The van der Waals surface area contributed by atoms with Gasteiger partial charge in [-0.15, -0.1) is 0 Å². The number of aromatic carboxylic acids is 1. The molecule has 0 fully saturated rings. The summed E-state index contributed by atoms with van der Waals surface area (Å²) in [5.74, 6) is -1.76. The van der Waals surface area contributed by atoms with Gasteiger partial charge in [0.2, 0.25) is 17.5 Å². The number of benzene rings is 3. The molecule has 0 unspecified atom stereocenters. The van der Waals surface area contributed by atoms with Gasteiger partial charge in [0.15, 0.2) is 5.71 Å². The second-order valence-corrected chi connectivity index (χ2v) is 18.6. The van der Waals surface area contributed by atoms with Crippen LogP contribution in [0.3, 0.4) is 0 Å². The summed E-state index contributed by atoms with van der Waals surface area (Å²) in [4.78, 5) is 40.6. The molecule has 3 aromatic rings. The summed E-state index contributed by atoms with van der Waals surface area (Å²) in [6.07, 6.45) is 18.2. The van der Waals surface area contributed by atoms with Crippen LogP contribution in [-0.2, 0) is 39.9 Å². The van der Waals surface area contributed by atoms with Crippen molar-refractivity contribution in [2.24, 2.45) is 0 Å². The van der Waals surface area contributed by atoms with E-state index in [9.17, 15) is 37.7 Å². The van der Waals surface area contributed by atoms with Crippen molar-refractivity contribution >= 4 is 68.4 Å². The number of amides is 2. The Morgan fingerprint density at radius 1 is 0.806 bits per heavy atom. The molecule has 16 heteroatoms. The van der Waals surface area contributed by atoms with Gasteiger partial charge in [-0.05, 0) is 99.7 Å². The van der Waals surface area contributed by atoms with Crippen molar-refractivity contribution in [2.75, 3.05) is 28.6 Å². The number of carbonyl (C=O) groups is 3. The summed E-state index contributed by atoms with van der Waals surface area (Å²) in [6, 6.07) is 14.6. The minimum absolute atomic E-state index is 0.0763. The molecule has 0 aliphatic carbocycles. The van der Waals surface area contributed by atoms with Crippen molar-refractivity contribution in [3.05, 3.63) is 120 Å². The Hall–Kier alpha value is -5.36. The van der Waals surface area contributed by atoms with Crippen molar-refractivity contribution in [3.63, 3.8) is 0 Å². The monoisotopic (exact) mass is 883 g/mol. The number of hydrogen-bond acceptors (Lipinski definition) is 11. The molecule has 3 heterocycles. The van der Waals surface area contributed by atoms with Gasteiger partial charge in [-0.3, -0.25) is 14.6 Å². The topological polar surface area (TPSA) is 200 Å². The molecular weight excluding hydrogens is 833 g/mol. The Kier molecular flexibility index (Phi) is 14.7. The van der Waals surface area contributed by atoms with Crippen LogP contribution in [0.4, 0.5) is 22.7 Å². The standard InChI is InChI=1S/C46H52N4O10S2/c1-45(2)36-29-34(61-60-59-55)20-22-38(36)49-24-14-8-12-18-42(51)47-32-26-31(44(53)54)27-33(28-32)48-43(52)19-13-9-15-25-50-39-23-21-35(62(56,57)58)30-37(39)46(3,4)41(50)17-11-7-5-6-10-16-40(45)49/h5-7,10-11,16-17,20-23,26-30H,8-9,12-15,18-19,24-25H2,1-4H3,(H4-,47,48,51,52,53,54,55,56,57,58)/p-1. The van der Waals surface area contributed by atoms with Gasteiger partial charge in [-0.25, -0.2) is 13.2 Å². The Morgan fingerprint density at radius 2 is 1.47 bits per heavy atom. The number of carboxylic acids is 1. The number of anilines is 3. The summed E-state index contributed by atoms with van der Waals surface area (Å²) < 4.78 is 42.9. The first-order chi connectivity index (χ1) is 29.5. The number of nitrogens with one attached hydrogen (secondary N) is 2. The van der Waals surface area contributed by atoms with E-state index in [2.05, 4.69) is 49.4 Å². The summed E-state index contributed by atoms with van der Waals surface area (Å²) in [5, 5.41) is 29.5. The van der Waals surface area contributed by atoms with E-state index in [-0.39, 0.29) is 46.5 Å². The highest BCUT2D eigenvalue weighted by Gasteiger charge is 2.44. The molecule has 0 saturated carbocycles. The van der Waals surface area contributed by atoms with Gasteiger partial charge in [0.25, 0.3) is 0 Å². The molecule has 3 aliphatic rings. The zero-order valence-electron chi connectivity index (χ0n) is 35.1. The molecule has 0 aromatic heterocycles. The van der Waals surface area contributed by atoms with E-state index in [1.54, 1.807) is 12.1 Å². The predicted molar refractivity (Wildman–Crippen MR) is 235 cm³/mol. The highest BCUT2D eigenvalue weighted by atomic mass is 32.2. The third kappa shape index (κ3) is 10.8. The molecule has 62 heavy (non-hydrogen) atoms. The van der Waals surface area contributed by atoms with Crippen molar-refractivity contribution < 1.29 is 51.7 Å². The summed E-state index contributed by atoms with van der Waals surface area (Å²) >= 11 is 0.836. The first kappa shape index (κ1) is 46.2. The summed E-state index contributed by atoms with van der Waals surface area (Å²) in [7, 11) is -4.68. The lowest BCUT2D eigenvalue weighted by Crippen LogP contribution is -2.28. The smallest absolute Gasteiger partial charge is 0.335 e. The molecule has 3 aliphatic heterocycles.